The van der Waals surface area contributed by atoms with Crippen LogP contribution in [0.1, 0.15) is 12.0 Å². The van der Waals surface area contributed by atoms with E-state index in [0.29, 0.717) is 23.7 Å². The van der Waals surface area contributed by atoms with Gasteiger partial charge in [0.25, 0.3) is 0 Å². The highest BCUT2D eigenvalue weighted by Crippen LogP contribution is 2.17. The molecule has 0 spiro atoms. The molecule has 1 aromatic carbocycles. The van der Waals surface area contributed by atoms with Gasteiger partial charge >= 0.3 is 0 Å². The summed E-state index contributed by atoms with van der Waals surface area (Å²) >= 11 is 5.89. The Labute approximate surface area is 82.9 Å². The molecule has 0 aliphatic carbocycles. The number of anilines is 1. The van der Waals surface area contributed by atoms with Gasteiger partial charge in [-0.3, -0.25) is 0 Å². The molecule has 0 aromatic heterocycles. The minimum atomic E-state index is 0.562. The average Bonchev–Trinajstić information content (AvgIpc) is 2.11. The van der Waals surface area contributed by atoms with Crippen LogP contribution in [-0.2, 0) is 0 Å². The van der Waals surface area contributed by atoms with Crippen LogP contribution in [0.3, 0.4) is 0 Å². The van der Waals surface area contributed by atoms with Gasteiger partial charge in [-0.1, -0.05) is 23.4 Å². The summed E-state index contributed by atoms with van der Waals surface area (Å²) < 4.78 is 0. The predicted molar refractivity (Wildman–Crippen MR) is 56.4 cm³/mol. The third-order valence-corrected chi connectivity index (χ3v) is 1.81. The van der Waals surface area contributed by atoms with E-state index in [9.17, 15) is 0 Å². The predicted octanol–water partition coefficient (Wildman–Crippen LogP) is 1.62. The molecular formula is C10H11ClN2. The maximum absolute atomic E-state index is 5.89. The first-order valence-electron chi connectivity index (χ1n) is 3.98. The topological polar surface area (TPSA) is 52.0 Å². The molecule has 0 radical (unpaired) electrons. The van der Waals surface area contributed by atoms with Gasteiger partial charge in [-0.25, -0.2) is 0 Å². The van der Waals surface area contributed by atoms with Crippen molar-refractivity contribution in [3.8, 4) is 11.8 Å². The minimum absolute atomic E-state index is 0.562. The number of halogens is 1. The van der Waals surface area contributed by atoms with Gasteiger partial charge in [0.15, 0.2) is 0 Å². The monoisotopic (exact) mass is 194 g/mol. The Kier molecular flexibility index (Phi) is 3.63. The van der Waals surface area contributed by atoms with Gasteiger partial charge in [0.1, 0.15) is 0 Å². The van der Waals surface area contributed by atoms with E-state index >= 15 is 0 Å². The van der Waals surface area contributed by atoms with Crippen molar-refractivity contribution in [2.75, 3.05) is 12.3 Å². The lowest BCUT2D eigenvalue weighted by Crippen LogP contribution is -1.95. The fourth-order valence-corrected chi connectivity index (χ4v) is 1.03. The Morgan fingerprint density at radius 3 is 2.85 bits per heavy atom. The molecule has 0 amide bonds. The molecule has 0 aliphatic rings. The van der Waals surface area contributed by atoms with E-state index in [4.69, 9.17) is 23.1 Å². The Hall–Kier alpha value is -1.17. The van der Waals surface area contributed by atoms with Crippen molar-refractivity contribution < 1.29 is 0 Å². The van der Waals surface area contributed by atoms with Gasteiger partial charge in [-0.2, -0.15) is 0 Å². The minimum Gasteiger partial charge on any atom is -0.399 e. The Bertz CT molecular complexity index is 350. The van der Waals surface area contributed by atoms with Crippen LogP contribution in [0.4, 0.5) is 5.69 Å². The number of hydrogen-bond donors (Lipinski definition) is 2. The number of nitrogen functional groups attached to an aromatic ring is 1. The van der Waals surface area contributed by atoms with Gasteiger partial charge in [0, 0.05) is 24.2 Å². The molecule has 0 saturated carbocycles. The molecule has 0 heterocycles. The van der Waals surface area contributed by atoms with Crippen LogP contribution in [0.15, 0.2) is 18.2 Å². The Morgan fingerprint density at radius 2 is 2.15 bits per heavy atom. The summed E-state index contributed by atoms with van der Waals surface area (Å²) in [7, 11) is 0. The first kappa shape index (κ1) is 9.91. The third kappa shape index (κ3) is 2.98. The van der Waals surface area contributed by atoms with Crippen LogP contribution in [0.2, 0.25) is 5.02 Å². The number of benzene rings is 1. The lowest BCUT2D eigenvalue weighted by Gasteiger charge is -1.96. The van der Waals surface area contributed by atoms with Crippen molar-refractivity contribution in [2.45, 2.75) is 6.42 Å². The molecule has 4 N–H and O–H groups in total. The molecule has 0 unspecified atom stereocenters. The zero-order chi connectivity index (χ0) is 9.68. The van der Waals surface area contributed by atoms with Crippen molar-refractivity contribution in [1.29, 1.82) is 0 Å². The summed E-state index contributed by atoms with van der Waals surface area (Å²) in [5, 5.41) is 0.624. The van der Waals surface area contributed by atoms with Crippen LogP contribution in [0, 0.1) is 11.8 Å². The SMILES string of the molecule is NCCC#Cc1cc(N)ccc1Cl. The first-order valence-corrected chi connectivity index (χ1v) is 4.36. The molecule has 13 heavy (non-hydrogen) atoms. The number of nitrogens with two attached hydrogens (primary N) is 2. The fourth-order valence-electron chi connectivity index (χ4n) is 0.869. The smallest absolute Gasteiger partial charge is 0.0564 e. The van der Waals surface area contributed by atoms with Crippen LogP contribution >= 0.6 is 11.6 Å². The van der Waals surface area contributed by atoms with E-state index in [2.05, 4.69) is 11.8 Å². The van der Waals surface area contributed by atoms with Crippen LogP contribution in [0.5, 0.6) is 0 Å². The van der Waals surface area contributed by atoms with E-state index in [1.54, 1.807) is 18.2 Å². The normalized spacial score (nSPS) is 9.08. The molecule has 1 rings (SSSR count). The standard InChI is InChI=1S/C10H11ClN2/c11-10-5-4-9(13)7-8(10)3-1-2-6-12/h4-5,7H,2,6,12-13H2. The summed E-state index contributed by atoms with van der Waals surface area (Å²) in [6.07, 6.45) is 0.672. The number of hydrogen-bond acceptors (Lipinski definition) is 2. The summed E-state index contributed by atoms with van der Waals surface area (Å²) in [6, 6.07) is 5.24. The van der Waals surface area contributed by atoms with Crippen molar-refractivity contribution in [2.24, 2.45) is 5.73 Å². The molecule has 0 fully saturated rings. The lowest BCUT2D eigenvalue weighted by atomic mass is 10.2. The van der Waals surface area contributed by atoms with E-state index < -0.39 is 0 Å². The highest BCUT2D eigenvalue weighted by Gasteiger charge is 1.95. The molecule has 68 valence electrons. The molecule has 2 nitrogen and oxygen atoms in total. The van der Waals surface area contributed by atoms with Gasteiger partial charge < -0.3 is 11.5 Å². The molecular weight excluding hydrogens is 184 g/mol. The second kappa shape index (κ2) is 4.76. The molecule has 0 aliphatic heterocycles. The van der Waals surface area contributed by atoms with Crippen LogP contribution in [-0.4, -0.2) is 6.54 Å². The maximum Gasteiger partial charge on any atom is 0.0564 e. The van der Waals surface area contributed by atoms with E-state index in [1.807, 2.05) is 0 Å². The largest absolute Gasteiger partial charge is 0.399 e. The molecule has 0 atom stereocenters. The van der Waals surface area contributed by atoms with E-state index in [0.717, 1.165) is 5.56 Å². The van der Waals surface area contributed by atoms with Gasteiger partial charge in [-0.15, -0.1) is 0 Å². The molecule has 1 aromatic rings. The zero-order valence-corrected chi connectivity index (χ0v) is 7.93. The summed E-state index contributed by atoms with van der Waals surface area (Å²) in [5.41, 5.74) is 12.3. The van der Waals surface area contributed by atoms with Crippen molar-refractivity contribution >= 4 is 17.3 Å². The second-order valence-corrected chi connectivity index (χ2v) is 2.99. The Morgan fingerprint density at radius 1 is 1.38 bits per heavy atom. The summed E-state index contributed by atoms with van der Waals surface area (Å²) in [6.45, 7) is 0.562. The van der Waals surface area contributed by atoms with Crippen LogP contribution in [0.25, 0.3) is 0 Å². The second-order valence-electron chi connectivity index (χ2n) is 2.58. The fraction of sp³-hybridized carbons (Fsp3) is 0.200. The molecule has 0 saturated heterocycles. The van der Waals surface area contributed by atoms with Gasteiger partial charge in [-0.05, 0) is 18.2 Å². The van der Waals surface area contributed by atoms with E-state index in [-0.39, 0.29) is 0 Å². The van der Waals surface area contributed by atoms with Gasteiger partial charge in [0.2, 0.25) is 0 Å². The van der Waals surface area contributed by atoms with Crippen molar-refractivity contribution in [3.05, 3.63) is 28.8 Å². The molecule has 0 bridgehead atoms. The summed E-state index contributed by atoms with van der Waals surface area (Å²) in [4.78, 5) is 0. The van der Waals surface area contributed by atoms with Crippen LogP contribution < -0.4 is 11.5 Å². The quantitative estimate of drug-likeness (QED) is 0.527. The lowest BCUT2D eigenvalue weighted by molar-refractivity contribution is 1.03. The molecule has 3 heteroatoms. The highest BCUT2D eigenvalue weighted by molar-refractivity contribution is 6.31. The maximum atomic E-state index is 5.89. The highest BCUT2D eigenvalue weighted by atomic mass is 35.5. The Balaban J connectivity index is 2.89. The van der Waals surface area contributed by atoms with Gasteiger partial charge in [0.05, 0.1) is 5.02 Å². The first-order chi connectivity index (χ1) is 6.24. The van der Waals surface area contributed by atoms with Crippen molar-refractivity contribution in [3.63, 3.8) is 0 Å². The third-order valence-electron chi connectivity index (χ3n) is 1.48. The zero-order valence-electron chi connectivity index (χ0n) is 7.18. The summed E-state index contributed by atoms with van der Waals surface area (Å²) in [5.74, 6) is 5.82. The number of rotatable bonds is 1. The van der Waals surface area contributed by atoms with Crippen molar-refractivity contribution in [1.82, 2.24) is 0 Å². The van der Waals surface area contributed by atoms with E-state index in [1.165, 1.54) is 0 Å². The average molecular weight is 195 g/mol.